The number of halogens is 1. The van der Waals surface area contributed by atoms with Gasteiger partial charge in [-0.05, 0) is 30.7 Å². The van der Waals surface area contributed by atoms with E-state index in [4.69, 9.17) is 11.6 Å². The lowest BCUT2D eigenvalue weighted by Gasteiger charge is -2.18. The number of hydrogen-bond donors (Lipinski definition) is 1. The van der Waals surface area contributed by atoms with E-state index in [1.165, 1.54) is 23.6 Å². The Kier molecular flexibility index (Phi) is 6.71. The van der Waals surface area contributed by atoms with Crippen LogP contribution in [0, 0.1) is 0 Å². The number of imide groups is 1. The largest absolute Gasteiger partial charge is 0.333 e. The normalized spacial score (nSPS) is 14.7. The second kappa shape index (κ2) is 9.24. The molecular weight excluding hydrogens is 410 g/mol. The van der Waals surface area contributed by atoms with Crippen molar-refractivity contribution in [2.75, 3.05) is 11.9 Å². The summed E-state index contributed by atoms with van der Waals surface area (Å²) in [5, 5.41) is 4.01. The summed E-state index contributed by atoms with van der Waals surface area (Å²) in [6.07, 6.45) is 0.553. The van der Waals surface area contributed by atoms with Gasteiger partial charge in [0.05, 0.1) is 21.8 Å². The van der Waals surface area contributed by atoms with Gasteiger partial charge in [-0.3, -0.25) is 19.3 Å². The number of carbonyl (C=O) groups is 3. The van der Waals surface area contributed by atoms with Crippen molar-refractivity contribution in [3.05, 3.63) is 64.7 Å². The molecule has 1 aliphatic heterocycles. The van der Waals surface area contributed by atoms with E-state index in [1.54, 1.807) is 36.4 Å². The molecule has 3 amide bonds. The predicted molar refractivity (Wildman–Crippen MR) is 117 cm³/mol. The monoisotopic (exact) mass is 429 g/mol. The van der Waals surface area contributed by atoms with Gasteiger partial charge >= 0.3 is 0 Å². The highest BCUT2D eigenvalue weighted by molar-refractivity contribution is 8.14. The average Bonchev–Trinajstić information content (AvgIpc) is 2.92. The molecule has 1 unspecified atom stereocenters. The van der Waals surface area contributed by atoms with Gasteiger partial charge in [0.2, 0.25) is 5.91 Å². The number of anilines is 1. The molecule has 3 rings (SSSR count). The van der Waals surface area contributed by atoms with Crippen molar-refractivity contribution in [1.82, 2.24) is 4.90 Å². The van der Waals surface area contributed by atoms with Crippen LogP contribution in [0.3, 0.4) is 0 Å². The molecule has 1 heterocycles. The molecule has 0 saturated heterocycles. The number of carbonyl (C=O) groups excluding carboxylic acids is 3. The first-order chi connectivity index (χ1) is 13.9. The van der Waals surface area contributed by atoms with Crippen molar-refractivity contribution >= 4 is 51.9 Å². The Balaban J connectivity index is 1.63. The van der Waals surface area contributed by atoms with Crippen LogP contribution in [0.25, 0.3) is 0 Å². The van der Waals surface area contributed by atoms with Gasteiger partial charge in [0.25, 0.3) is 11.8 Å². The summed E-state index contributed by atoms with van der Waals surface area (Å²) in [5.41, 5.74) is 1.53. The fourth-order valence-electron chi connectivity index (χ4n) is 2.91. The zero-order valence-electron chi connectivity index (χ0n) is 16.0. The molecule has 29 heavy (non-hydrogen) atoms. The Hall–Kier alpha value is -2.64. The number of benzene rings is 2. The number of nitrogens with one attached hydrogen (secondary N) is 1. The minimum atomic E-state index is -0.334. The predicted octanol–water partition coefficient (Wildman–Crippen LogP) is 4.46. The summed E-state index contributed by atoms with van der Waals surface area (Å²) in [5.74, 6) is -0.871. The van der Waals surface area contributed by atoms with Gasteiger partial charge in [0.1, 0.15) is 0 Å². The molecule has 2 aromatic rings. The zero-order chi connectivity index (χ0) is 21.0. The highest BCUT2D eigenvalue weighted by atomic mass is 35.5. The van der Waals surface area contributed by atoms with Crippen molar-refractivity contribution in [2.45, 2.75) is 25.5 Å². The molecule has 0 spiro atoms. The third-order valence-corrected chi connectivity index (χ3v) is 5.71. The lowest BCUT2D eigenvalue weighted by Crippen LogP contribution is -2.32. The average molecular weight is 430 g/mol. The summed E-state index contributed by atoms with van der Waals surface area (Å²) in [6, 6.07) is 14.0. The van der Waals surface area contributed by atoms with Crippen LogP contribution in [-0.4, -0.2) is 39.6 Å². The van der Waals surface area contributed by atoms with Crippen molar-refractivity contribution in [1.29, 1.82) is 0 Å². The quantitative estimate of drug-likeness (QED) is 0.431. The Labute approximate surface area is 178 Å². The fraction of sp³-hybridized carbons (Fsp3) is 0.238. The van der Waals surface area contributed by atoms with Crippen molar-refractivity contribution in [3.8, 4) is 0 Å². The van der Waals surface area contributed by atoms with E-state index in [2.05, 4.69) is 10.3 Å². The van der Waals surface area contributed by atoms with Crippen LogP contribution in [0.15, 0.2) is 53.5 Å². The van der Waals surface area contributed by atoms with Gasteiger partial charge in [-0.1, -0.05) is 54.6 Å². The van der Waals surface area contributed by atoms with E-state index in [0.717, 1.165) is 0 Å². The first-order valence-corrected chi connectivity index (χ1v) is 10.3. The fourth-order valence-corrected chi connectivity index (χ4v) is 4.04. The molecule has 0 aliphatic carbocycles. The molecule has 0 aromatic heterocycles. The molecule has 2 aromatic carbocycles. The SMILES string of the molecule is CC(=O)/N=C(/Nc1ccccc1Cl)SC(C)CCN1C(=O)c2ccccc2C1=O. The van der Waals surface area contributed by atoms with E-state index in [9.17, 15) is 14.4 Å². The number of amides is 3. The van der Waals surface area contributed by atoms with E-state index < -0.39 is 0 Å². The third kappa shape index (κ3) is 5.05. The number of amidine groups is 1. The molecule has 6 nitrogen and oxygen atoms in total. The minimum absolute atomic E-state index is 0.00704. The van der Waals surface area contributed by atoms with Gasteiger partial charge in [-0.25, -0.2) is 0 Å². The third-order valence-electron chi connectivity index (χ3n) is 4.32. The molecule has 8 heteroatoms. The highest BCUT2D eigenvalue weighted by Gasteiger charge is 2.34. The summed E-state index contributed by atoms with van der Waals surface area (Å²) in [6.45, 7) is 3.62. The first-order valence-electron chi connectivity index (χ1n) is 9.09. The number of fused-ring (bicyclic) bond motifs is 1. The maximum atomic E-state index is 12.5. The number of para-hydroxylation sites is 1. The maximum Gasteiger partial charge on any atom is 0.261 e. The van der Waals surface area contributed by atoms with Crippen LogP contribution in [0.5, 0.6) is 0 Å². The number of hydrogen-bond acceptors (Lipinski definition) is 4. The molecule has 0 saturated carbocycles. The molecule has 0 fully saturated rings. The Morgan fingerprint density at radius 1 is 1.10 bits per heavy atom. The lowest BCUT2D eigenvalue weighted by atomic mass is 10.1. The van der Waals surface area contributed by atoms with Crippen LogP contribution >= 0.6 is 23.4 Å². The van der Waals surface area contributed by atoms with Crippen LogP contribution in [0.2, 0.25) is 5.02 Å². The van der Waals surface area contributed by atoms with Gasteiger partial charge in [-0.15, -0.1) is 0 Å². The Bertz CT molecular complexity index is 958. The first kappa shape index (κ1) is 21.1. The molecule has 0 bridgehead atoms. The molecule has 1 atom stereocenters. The summed E-state index contributed by atoms with van der Waals surface area (Å²) in [7, 11) is 0. The summed E-state index contributed by atoms with van der Waals surface area (Å²) < 4.78 is 0. The summed E-state index contributed by atoms with van der Waals surface area (Å²) >= 11 is 7.53. The van der Waals surface area contributed by atoms with Gasteiger partial charge in [0, 0.05) is 18.7 Å². The Morgan fingerprint density at radius 3 is 2.28 bits per heavy atom. The van der Waals surface area contributed by atoms with E-state index >= 15 is 0 Å². The zero-order valence-corrected chi connectivity index (χ0v) is 17.6. The van der Waals surface area contributed by atoms with Crippen LogP contribution in [-0.2, 0) is 4.79 Å². The number of thioether (sulfide) groups is 1. The van der Waals surface area contributed by atoms with Crippen LogP contribution < -0.4 is 5.32 Å². The molecule has 1 N–H and O–H groups in total. The molecule has 150 valence electrons. The van der Waals surface area contributed by atoms with Crippen LogP contribution in [0.1, 0.15) is 41.0 Å². The summed E-state index contributed by atoms with van der Waals surface area (Å²) in [4.78, 5) is 41.7. The molecule has 1 aliphatic rings. The maximum absolute atomic E-state index is 12.5. The molecular formula is C21H20ClN3O3S. The van der Waals surface area contributed by atoms with E-state index in [1.807, 2.05) is 19.1 Å². The van der Waals surface area contributed by atoms with Crippen LogP contribution in [0.4, 0.5) is 5.69 Å². The Morgan fingerprint density at radius 2 is 1.69 bits per heavy atom. The van der Waals surface area contributed by atoms with Crippen molar-refractivity contribution < 1.29 is 14.4 Å². The van der Waals surface area contributed by atoms with Gasteiger partial charge < -0.3 is 5.32 Å². The van der Waals surface area contributed by atoms with Gasteiger partial charge in [0.15, 0.2) is 5.17 Å². The number of aliphatic imine (C=N–C) groups is 1. The second-order valence-corrected chi connectivity index (χ2v) is 8.40. The number of rotatable bonds is 5. The second-order valence-electron chi connectivity index (χ2n) is 6.57. The van der Waals surface area contributed by atoms with Gasteiger partial charge in [-0.2, -0.15) is 4.99 Å². The topological polar surface area (TPSA) is 78.8 Å². The molecule has 0 radical (unpaired) electrons. The van der Waals surface area contributed by atoms with Crippen molar-refractivity contribution in [2.24, 2.45) is 4.99 Å². The smallest absolute Gasteiger partial charge is 0.261 e. The number of nitrogens with zero attached hydrogens (tertiary/aromatic N) is 2. The van der Waals surface area contributed by atoms with E-state index in [-0.39, 0.29) is 23.0 Å². The standard InChI is InChI=1S/C21H20ClN3O3S/c1-13(11-12-25-19(27)15-7-3-4-8-16(15)20(25)28)29-21(23-14(2)26)24-18-10-6-5-9-17(18)22/h3-10,13H,11-12H2,1-2H3,(H,23,24,26). The lowest BCUT2D eigenvalue weighted by molar-refractivity contribution is -0.115. The van der Waals surface area contributed by atoms with Crippen molar-refractivity contribution in [3.63, 3.8) is 0 Å². The van der Waals surface area contributed by atoms with E-state index in [0.29, 0.717) is 40.0 Å². The minimum Gasteiger partial charge on any atom is -0.333 e. The highest BCUT2D eigenvalue weighted by Crippen LogP contribution is 2.26.